The zero-order chi connectivity index (χ0) is 44.5. The molecule has 6 amide bonds. The second-order valence-electron chi connectivity index (χ2n) is 14.7. The van der Waals surface area contributed by atoms with E-state index in [0.717, 1.165) is 0 Å². The van der Waals surface area contributed by atoms with Crippen molar-refractivity contribution in [2.24, 2.45) is 11.7 Å². The number of nitrogens with two attached hydrogens (primary N) is 1. The smallest absolute Gasteiger partial charge is 0.326 e. The Morgan fingerprint density at radius 3 is 1.88 bits per heavy atom. The molecule has 0 aromatic heterocycles. The number of benzene rings is 2. The van der Waals surface area contributed by atoms with Crippen molar-refractivity contribution in [1.82, 2.24) is 31.9 Å². The van der Waals surface area contributed by atoms with Gasteiger partial charge in [-0.2, -0.15) is 0 Å². The molecule has 0 aliphatic carbocycles. The van der Waals surface area contributed by atoms with E-state index in [-0.39, 0.29) is 43.8 Å². The molecule has 1 aliphatic rings. The van der Waals surface area contributed by atoms with E-state index in [4.69, 9.17) is 10.5 Å². The maximum Gasteiger partial charge on any atom is 0.326 e. The number of nitrogens with one attached hydrogen (secondary N) is 6. The van der Waals surface area contributed by atoms with E-state index in [0.29, 0.717) is 11.1 Å². The van der Waals surface area contributed by atoms with Crippen LogP contribution in [0.5, 0.6) is 5.75 Å². The molecular formula is C39H55N7O14. The molecule has 60 heavy (non-hydrogen) atoms. The number of aliphatic hydroxyl groups is 4. The highest BCUT2D eigenvalue weighted by molar-refractivity contribution is 5.94. The van der Waals surface area contributed by atoms with Gasteiger partial charge in [-0.3, -0.25) is 28.8 Å². The van der Waals surface area contributed by atoms with Crippen molar-refractivity contribution in [3.63, 3.8) is 0 Å². The van der Waals surface area contributed by atoms with E-state index in [9.17, 15) is 64.2 Å². The monoisotopic (exact) mass is 845 g/mol. The molecule has 1 aliphatic heterocycles. The van der Waals surface area contributed by atoms with Crippen LogP contribution in [-0.4, -0.2) is 147 Å². The average Bonchev–Trinajstić information content (AvgIpc) is 3.21. The molecule has 2 aromatic carbocycles. The molecule has 2 aromatic rings. The van der Waals surface area contributed by atoms with Crippen molar-refractivity contribution in [2.45, 2.75) is 101 Å². The molecule has 1 saturated heterocycles. The average molecular weight is 846 g/mol. The van der Waals surface area contributed by atoms with Crippen LogP contribution >= 0.6 is 0 Å². The van der Waals surface area contributed by atoms with Gasteiger partial charge in [0.2, 0.25) is 35.4 Å². The Balaban J connectivity index is 1.57. The Morgan fingerprint density at radius 2 is 1.28 bits per heavy atom. The number of ether oxygens (including phenoxy) is 1. The first-order chi connectivity index (χ1) is 28.4. The topological polar surface area (TPSA) is 348 Å². The SMILES string of the molecule is CC(C)C[C@H](NC(=O)[C@H](Cc1ccccc1)NC(=O)CNC(=O)CNC(=O)[C@H](Cc1ccc(O)cc1)NC(=O)[C@@H](N)CCC(=O)N[C@@H]1O[C@H](CO)[C@H](O)[C@H](O)[C@H]1O)C(=O)O. The van der Waals surface area contributed by atoms with Gasteiger partial charge in [0.1, 0.15) is 48.3 Å². The number of carbonyl (C=O) groups is 7. The molecule has 0 spiro atoms. The number of hydrogen-bond acceptors (Lipinski definition) is 14. The standard InChI is InChI=1S/C39H55N7O14/c1-20(2)14-27(39(58)59)45-37(57)26(15-21-6-4-3-5-7-21)43-31(51)18-41-30(50)17-42-36(56)25(16-22-8-10-23(48)11-9-22)44-35(55)24(40)12-13-29(49)46-38-34(54)33(53)32(52)28(19-47)60-38/h3-11,20,24-28,32-34,38,47-48,52-54H,12-19,40H2,1-2H3,(H,41,50)(H,42,56)(H,43,51)(H,44,55)(H,45,57)(H,46,49)(H,58,59)/t24-,25-,26-,27-,28+,32-,33-,34+,38+/m0/s1. The van der Waals surface area contributed by atoms with E-state index >= 15 is 0 Å². The fourth-order valence-electron chi connectivity index (χ4n) is 6.03. The summed E-state index contributed by atoms with van der Waals surface area (Å²) in [6.45, 7) is 1.62. The predicted octanol–water partition coefficient (Wildman–Crippen LogP) is -3.98. The fraction of sp³-hybridized carbons (Fsp3) is 0.513. The van der Waals surface area contributed by atoms with Crippen LogP contribution in [0.25, 0.3) is 0 Å². The second kappa shape index (κ2) is 23.8. The summed E-state index contributed by atoms with van der Waals surface area (Å²) in [7, 11) is 0. The van der Waals surface area contributed by atoms with Gasteiger partial charge in [0, 0.05) is 19.3 Å². The molecule has 0 saturated carbocycles. The van der Waals surface area contributed by atoms with Crippen LogP contribution in [0.2, 0.25) is 0 Å². The minimum Gasteiger partial charge on any atom is -0.508 e. The Hall–Kier alpha value is -5.71. The number of carboxylic acid groups (broad SMARTS) is 1. The lowest BCUT2D eigenvalue weighted by Gasteiger charge is -2.40. The van der Waals surface area contributed by atoms with E-state index in [1.165, 1.54) is 24.3 Å². The Morgan fingerprint density at radius 1 is 0.700 bits per heavy atom. The van der Waals surface area contributed by atoms with Crippen LogP contribution in [0.3, 0.4) is 0 Å². The highest BCUT2D eigenvalue weighted by Gasteiger charge is 2.44. The summed E-state index contributed by atoms with van der Waals surface area (Å²) in [5, 5.41) is 73.1. The molecule has 0 bridgehead atoms. The first kappa shape index (κ1) is 48.7. The number of aromatic hydroxyl groups is 1. The summed E-state index contributed by atoms with van der Waals surface area (Å²) >= 11 is 0. The molecule has 21 heteroatoms. The van der Waals surface area contributed by atoms with Crippen molar-refractivity contribution in [3.8, 4) is 5.75 Å². The molecule has 0 radical (unpaired) electrons. The molecule has 330 valence electrons. The summed E-state index contributed by atoms with van der Waals surface area (Å²) in [6, 6.07) is 9.30. The first-order valence-corrected chi connectivity index (χ1v) is 19.2. The Labute approximate surface area is 345 Å². The number of amides is 6. The third kappa shape index (κ3) is 15.8. The van der Waals surface area contributed by atoms with Gasteiger partial charge < -0.3 is 73.0 Å². The molecule has 14 N–H and O–H groups in total. The fourth-order valence-corrected chi connectivity index (χ4v) is 6.03. The van der Waals surface area contributed by atoms with Gasteiger partial charge in [0.15, 0.2) is 6.23 Å². The zero-order valence-corrected chi connectivity index (χ0v) is 33.2. The summed E-state index contributed by atoms with van der Waals surface area (Å²) < 4.78 is 5.24. The first-order valence-electron chi connectivity index (χ1n) is 19.2. The lowest BCUT2D eigenvalue weighted by molar-refractivity contribution is -0.236. The minimum atomic E-state index is -1.73. The summed E-state index contributed by atoms with van der Waals surface area (Å²) in [6.07, 6.45) is -8.45. The number of carboxylic acids is 1. The molecule has 21 nitrogen and oxygen atoms in total. The number of hydrogen-bond donors (Lipinski definition) is 13. The number of aliphatic carboxylic acids is 1. The van der Waals surface area contributed by atoms with Crippen molar-refractivity contribution < 1.29 is 68.9 Å². The van der Waals surface area contributed by atoms with Gasteiger partial charge in [0.05, 0.1) is 25.7 Å². The molecule has 3 rings (SSSR count). The number of phenols is 1. The van der Waals surface area contributed by atoms with E-state index in [1.54, 1.807) is 44.2 Å². The van der Waals surface area contributed by atoms with E-state index in [1.807, 2.05) is 0 Å². The number of phenolic OH excluding ortho intramolecular Hbond substituents is 1. The number of aliphatic hydroxyl groups excluding tert-OH is 4. The Bertz CT molecular complexity index is 1760. The van der Waals surface area contributed by atoms with Crippen molar-refractivity contribution in [3.05, 3.63) is 65.7 Å². The van der Waals surface area contributed by atoms with Gasteiger partial charge in [0.25, 0.3) is 0 Å². The van der Waals surface area contributed by atoms with E-state index in [2.05, 4.69) is 31.9 Å². The zero-order valence-electron chi connectivity index (χ0n) is 33.2. The summed E-state index contributed by atoms with van der Waals surface area (Å²) in [5.41, 5.74) is 7.19. The van der Waals surface area contributed by atoms with Gasteiger partial charge in [-0.25, -0.2) is 4.79 Å². The van der Waals surface area contributed by atoms with Gasteiger partial charge in [-0.15, -0.1) is 0 Å². The quantitative estimate of drug-likeness (QED) is 0.0538. The van der Waals surface area contributed by atoms with Crippen LogP contribution in [0.1, 0.15) is 44.2 Å². The van der Waals surface area contributed by atoms with Gasteiger partial charge >= 0.3 is 5.97 Å². The third-order valence-electron chi connectivity index (χ3n) is 9.35. The van der Waals surface area contributed by atoms with Crippen LogP contribution in [0, 0.1) is 5.92 Å². The molecule has 0 unspecified atom stereocenters. The predicted molar refractivity (Wildman–Crippen MR) is 210 cm³/mol. The number of carbonyl (C=O) groups excluding carboxylic acids is 6. The van der Waals surface area contributed by atoms with Gasteiger partial charge in [-0.1, -0.05) is 56.3 Å². The normalized spacial score (nSPS) is 20.7. The molecule has 1 fully saturated rings. The lowest BCUT2D eigenvalue weighted by Crippen LogP contribution is -2.63. The molecule has 9 atom stereocenters. The maximum atomic E-state index is 13.3. The maximum absolute atomic E-state index is 13.3. The second-order valence-corrected chi connectivity index (χ2v) is 14.7. The largest absolute Gasteiger partial charge is 0.508 e. The van der Waals surface area contributed by atoms with Crippen LogP contribution < -0.4 is 37.6 Å². The van der Waals surface area contributed by atoms with Crippen LogP contribution in [0.15, 0.2) is 54.6 Å². The highest BCUT2D eigenvalue weighted by Crippen LogP contribution is 2.20. The van der Waals surface area contributed by atoms with Crippen molar-refractivity contribution in [1.29, 1.82) is 0 Å². The van der Waals surface area contributed by atoms with Gasteiger partial charge in [-0.05, 0) is 42.0 Å². The highest BCUT2D eigenvalue weighted by atomic mass is 16.6. The summed E-state index contributed by atoms with van der Waals surface area (Å²) in [4.78, 5) is 89.6. The van der Waals surface area contributed by atoms with Crippen molar-refractivity contribution >= 4 is 41.4 Å². The molecule has 1 heterocycles. The van der Waals surface area contributed by atoms with Crippen molar-refractivity contribution in [2.75, 3.05) is 19.7 Å². The Kier molecular flexibility index (Phi) is 19.3. The minimum absolute atomic E-state index is 0.0174. The lowest BCUT2D eigenvalue weighted by atomic mass is 9.98. The van der Waals surface area contributed by atoms with Crippen LogP contribution in [-0.2, 0) is 51.1 Å². The molecular weight excluding hydrogens is 790 g/mol. The van der Waals surface area contributed by atoms with Crippen LogP contribution in [0.4, 0.5) is 0 Å². The van der Waals surface area contributed by atoms with E-state index < -0.39 is 116 Å². The summed E-state index contributed by atoms with van der Waals surface area (Å²) in [5.74, 6) is -6.14. The number of rotatable bonds is 22. The third-order valence-corrected chi connectivity index (χ3v) is 9.35.